The molecule has 0 radical (unpaired) electrons. The van der Waals surface area contributed by atoms with E-state index in [0.717, 1.165) is 0 Å². The number of rotatable bonds is 0. The fourth-order valence-electron chi connectivity index (χ4n) is 0. The molecule has 0 rings (SSSR count). The van der Waals surface area contributed by atoms with E-state index < -0.39 is 5.09 Å². The van der Waals surface area contributed by atoms with Crippen LogP contribution >= 0.6 is 0 Å². The Kier molecular flexibility index (Phi) is 51.6. The van der Waals surface area contributed by atoms with Crippen molar-refractivity contribution in [3.8, 4) is 0 Å². The van der Waals surface area contributed by atoms with E-state index in [1.165, 1.54) is 0 Å². The minimum absolute atomic E-state index is 0. The van der Waals surface area contributed by atoms with Crippen LogP contribution in [0.1, 0.15) is 0 Å². The van der Waals surface area contributed by atoms with E-state index in [4.69, 9.17) is 15.3 Å². The Bertz CT molecular complexity index is 35.9. The Labute approximate surface area is 106 Å². The maximum absolute atomic E-state index is 8.25. The molecule has 0 bridgehead atoms. The molecule has 0 atom stereocenters. The molecule has 0 N–H and O–H groups in total. The van der Waals surface area contributed by atoms with Gasteiger partial charge in [-0.05, 0) is 0 Å². The quantitative estimate of drug-likeness (QED) is 0.215. The summed E-state index contributed by atoms with van der Waals surface area (Å²) in [5.41, 5.74) is 0. The van der Waals surface area contributed by atoms with Crippen molar-refractivity contribution in [2.24, 2.45) is 0 Å². The maximum atomic E-state index is 8.25. The molecule has 0 fully saturated rings. The maximum Gasteiger partial charge on any atom is 2.00 e. The third-order valence-corrected chi connectivity index (χ3v) is 0. The van der Waals surface area contributed by atoms with E-state index in [2.05, 4.69) is 0 Å². The van der Waals surface area contributed by atoms with Crippen LogP contribution in [0.2, 0.25) is 0 Å². The fraction of sp³-hybridized carbons (Fsp3) is 0. The van der Waals surface area contributed by atoms with Crippen molar-refractivity contribution < 1.29 is 17.5 Å². The third kappa shape index (κ3) is 71.6. The SMILES string of the molecule is O=[N+]([O-])[O-].[Ca+2].[Ca+2].[Cl-]. The molecule has 0 saturated carbocycles. The van der Waals surface area contributed by atoms with Gasteiger partial charge < -0.3 is 27.7 Å². The molecular weight excluding hydrogens is 178 g/mol. The molecule has 0 heterocycles. The summed E-state index contributed by atoms with van der Waals surface area (Å²) < 4.78 is 0. The molecule has 0 aliphatic carbocycles. The fourth-order valence-corrected chi connectivity index (χ4v) is 0. The molecule has 0 unspecified atom stereocenters. The number of nitrogens with zero attached hydrogens (tertiary/aromatic N) is 1. The zero-order chi connectivity index (χ0) is 3.58. The van der Waals surface area contributed by atoms with Crippen LogP contribution in [0.15, 0.2) is 0 Å². The van der Waals surface area contributed by atoms with E-state index in [1.807, 2.05) is 0 Å². The van der Waals surface area contributed by atoms with Crippen molar-refractivity contribution in [1.82, 2.24) is 0 Å². The molecule has 0 aromatic heterocycles. The van der Waals surface area contributed by atoms with Gasteiger partial charge in [-0.1, -0.05) is 0 Å². The van der Waals surface area contributed by atoms with E-state index >= 15 is 0 Å². The molecule has 0 aromatic carbocycles. The molecule has 0 aliphatic rings. The van der Waals surface area contributed by atoms with Gasteiger partial charge in [0, 0.05) is 0 Å². The Morgan fingerprint density at radius 3 is 1.14 bits per heavy atom. The first kappa shape index (κ1) is 23.0. The third-order valence-electron chi connectivity index (χ3n) is 0. The molecule has 7 heavy (non-hydrogen) atoms. The van der Waals surface area contributed by atoms with Crippen LogP contribution in [0.3, 0.4) is 0 Å². The molecule has 32 valence electrons. The standard InChI is InChI=1S/2Ca.ClH.NO3/c;;;2-1(3)4/h;;1H;/q2*+2;;-1/p-1. The minimum atomic E-state index is -1.75. The second-order valence-corrected chi connectivity index (χ2v) is 0.224. The van der Waals surface area contributed by atoms with Crippen LogP contribution in [0, 0.1) is 15.3 Å². The second-order valence-electron chi connectivity index (χ2n) is 0.224. The first-order chi connectivity index (χ1) is 1.73. The summed E-state index contributed by atoms with van der Waals surface area (Å²) in [6, 6.07) is 0. The average molecular weight is 178 g/mol. The molecule has 0 amide bonds. The second kappa shape index (κ2) is 15.7. The first-order valence-corrected chi connectivity index (χ1v) is 0.548. The first-order valence-electron chi connectivity index (χ1n) is 0.548. The largest absolute Gasteiger partial charge is 2.00 e. The summed E-state index contributed by atoms with van der Waals surface area (Å²) in [6.07, 6.45) is 0. The Hall–Kier alpha value is 2.01. The summed E-state index contributed by atoms with van der Waals surface area (Å²) >= 11 is 0. The van der Waals surface area contributed by atoms with E-state index in [0.29, 0.717) is 0 Å². The average Bonchev–Trinajstić information content (AvgIpc) is 0.811. The normalized spacial score (nSPS) is 3.43. The van der Waals surface area contributed by atoms with Gasteiger partial charge in [0.1, 0.15) is 0 Å². The summed E-state index contributed by atoms with van der Waals surface area (Å²) in [7, 11) is 0. The van der Waals surface area contributed by atoms with Gasteiger partial charge in [0.15, 0.2) is 0 Å². The predicted molar refractivity (Wildman–Crippen MR) is 21.9 cm³/mol. The van der Waals surface area contributed by atoms with Gasteiger partial charge in [-0.15, -0.1) is 0 Å². The van der Waals surface area contributed by atoms with Crippen molar-refractivity contribution in [3.63, 3.8) is 0 Å². The van der Waals surface area contributed by atoms with Gasteiger partial charge in [-0.2, -0.15) is 0 Å². The summed E-state index contributed by atoms with van der Waals surface area (Å²) in [4.78, 5) is 8.25. The van der Waals surface area contributed by atoms with Crippen molar-refractivity contribution in [1.29, 1.82) is 0 Å². The molecule has 0 saturated heterocycles. The van der Waals surface area contributed by atoms with Gasteiger partial charge in [0.25, 0.3) is 0 Å². The predicted octanol–water partition coefficient (Wildman–Crippen LogP) is -4.00. The van der Waals surface area contributed by atoms with Crippen molar-refractivity contribution in [2.45, 2.75) is 0 Å². The van der Waals surface area contributed by atoms with E-state index in [1.54, 1.807) is 0 Å². The van der Waals surface area contributed by atoms with Crippen LogP contribution in [0.25, 0.3) is 0 Å². The zero-order valence-electron chi connectivity index (χ0n) is 3.46. The van der Waals surface area contributed by atoms with E-state index in [-0.39, 0.29) is 87.9 Å². The summed E-state index contributed by atoms with van der Waals surface area (Å²) in [5.74, 6) is 0. The Morgan fingerprint density at radius 1 is 1.14 bits per heavy atom. The molecular formula is Ca2ClNO3+2. The number of halogens is 1. The topological polar surface area (TPSA) is 66.2 Å². The summed E-state index contributed by atoms with van der Waals surface area (Å²) in [5, 5.41) is 14.8. The van der Waals surface area contributed by atoms with Crippen LogP contribution in [0.5, 0.6) is 0 Å². The summed E-state index contributed by atoms with van der Waals surface area (Å²) in [6.45, 7) is 0. The minimum Gasteiger partial charge on any atom is -1.00 e. The van der Waals surface area contributed by atoms with Crippen LogP contribution in [0.4, 0.5) is 0 Å². The van der Waals surface area contributed by atoms with Gasteiger partial charge >= 0.3 is 75.5 Å². The Balaban J connectivity index is -0.0000000150. The molecule has 0 aliphatic heterocycles. The zero-order valence-corrected chi connectivity index (χ0v) is 8.64. The van der Waals surface area contributed by atoms with Crippen LogP contribution in [-0.4, -0.2) is 80.6 Å². The van der Waals surface area contributed by atoms with E-state index in [9.17, 15) is 0 Å². The van der Waals surface area contributed by atoms with Gasteiger partial charge in [0.05, 0.1) is 5.09 Å². The monoisotopic (exact) mass is 177 g/mol. The molecule has 4 nitrogen and oxygen atoms in total. The van der Waals surface area contributed by atoms with Crippen LogP contribution < -0.4 is 12.4 Å². The van der Waals surface area contributed by atoms with Gasteiger partial charge in [0.2, 0.25) is 0 Å². The van der Waals surface area contributed by atoms with Crippen molar-refractivity contribution >= 4 is 75.5 Å². The van der Waals surface area contributed by atoms with Crippen LogP contribution in [-0.2, 0) is 0 Å². The number of hydrogen-bond donors (Lipinski definition) is 0. The molecule has 7 heteroatoms. The molecule has 0 aromatic rings. The van der Waals surface area contributed by atoms with Gasteiger partial charge in [-0.3, -0.25) is 0 Å². The van der Waals surface area contributed by atoms with Crippen molar-refractivity contribution in [3.05, 3.63) is 15.3 Å². The smallest absolute Gasteiger partial charge is 1.00 e. The van der Waals surface area contributed by atoms with Crippen molar-refractivity contribution in [2.75, 3.05) is 0 Å². The van der Waals surface area contributed by atoms with Gasteiger partial charge in [-0.25, -0.2) is 0 Å². The Morgan fingerprint density at radius 2 is 1.14 bits per heavy atom. The number of hydrogen-bond acceptors (Lipinski definition) is 3. The molecule has 0 spiro atoms.